The highest BCUT2D eigenvalue weighted by atomic mass is 16.4. The predicted octanol–water partition coefficient (Wildman–Crippen LogP) is 2.29. The molecule has 15 heavy (non-hydrogen) atoms. The molecule has 0 atom stereocenters. The van der Waals surface area contributed by atoms with Crippen LogP contribution in [-0.2, 0) is 4.79 Å². The van der Waals surface area contributed by atoms with Crippen LogP contribution in [0.4, 0.5) is 5.69 Å². The number of hydrogen-bond donors (Lipinski definition) is 1. The molecule has 0 fully saturated rings. The third-order valence-electron chi connectivity index (χ3n) is 2.35. The van der Waals surface area contributed by atoms with Gasteiger partial charge in [0.05, 0.1) is 0 Å². The van der Waals surface area contributed by atoms with E-state index in [1.54, 1.807) is 0 Å². The fraction of sp³-hybridized carbons (Fsp3) is 0.417. The molecule has 0 radical (unpaired) electrons. The average molecular weight is 207 g/mol. The quantitative estimate of drug-likeness (QED) is 0.823. The first-order chi connectivity index (χ1) is 7.02. The van der Waals surface area contributed by atoms with Gasteiger partial charge in [-0.25, -0.2) is 0 Å². The molecule has 0 saturated heterocycles. The van der Waals surface area contributed by atoms with Crippen molar-refractivity contribution in [3.63, 3.8) is 0 Å². The molecular weight excluding hydrogens is 190 g/mol. The van der Waals surface area contributed by atoms with Crippen molar-refractivity contribution in [3.8, 4) is 0 Å². The molecule has 0 heterocycles. The Kier molecular flexibility index (Phi) is 3.72. The Bertz CT molecular complexity index is 347. The molecule has 1 aromatic carbocycles. The molecule has 0 bridgehead atoms. The normalized spacial score (nSPS) is 10.4. The van der Waals surface area contributed by atoms with Gasteiger partial charge in [-0.1, -0.05) is 18.2 Å². The van der Waals surface area contributed by atoms with Gasteiger partial charge >= 0.3 is 5.97 Å². The number of aryl methyl sites for hydroxylation is 1. The minimum atomic E-state index is -0.799. The first kappa shape index (κ1) is 11.6. The number of benzene rings is 1. The van der Waals surface area contributed by atoms with Gasteiger partial charge in [-0.2, -0.15) is 0 Å². The van der Waals surface area contributed by atoms with Gasteiger partial charge in [-0.05, 0) is 32.4 Å². The maximum absolute atomic E-state index is 10.8. The molecule has 0 aromatic heterocycles. The number of carboxylic acid groups (broad SMARTS) is 1. The minimum absolute atomic E-state index is 0.0442. The molecule has 0 aliphatic rings. The third kappa shape index (κ3) is 2.98. The highest BCUT2D eigenvalue weighted by molar-refractivity contribution is 5.74. The van der Waals surface area contributed by atoms with E-state index in [0.29, 0.717) is 0 Å². The summed E-state index contributed by atoms with van der Waals surface area (Å²) < 4.78 is 0. The fourth-order valence-corrected chi connectivity index (χ4v) is 1.58. The van der Waals surface area contributed by atoms with Crippen molar-refractivity contribution >= 4 is 11.7 Å². The van der Waals surface area contributed by atoms with Crippen molar-refractivity contribution in [2.24, 2.45) is 0 Å². The number of nitrogens with zero attached hydrogens (tertiary/aromatic N) is 1. The predicted molar refractivity (Wildman–Crippen MR) is 61.3 cm³/mol. The lowest BCUT2D eigenvalue weighted by atomic mass is 10.1. The van der Waals surface area contributed by atoms with Crippen molar-refractivity contribution < 1.29 is 9.90 Å². The second kappa shape index (κ2) is 4.82. The van der Waals surface area contributed by atoms with Crippen LogP contribution in [0.1, 0.15) is 19.4 Å². The minimum Gasteiger partial charge on any atom is -0.480 e. The van der Waals surface area contributed by atoms with Gasteiger partial charge in [-0.15, -0.1) is 0 Å². The Morgan fingerprint density at radius 2 is 2.00 bits per heavy atom. The second-order valence-corrected chi connectivity index (χ2v) is 3.90. The van der Waals surface area contributed by atoms with Crippen LogP contribution in [0.15, 0.2) is 24.3 Å². The molecule has 1 aromatic rings. The molecule has 0 unspecified atom stereocenters. The first-order valence-electron chi connectivity index (χ1n) is 5.06. The number of rotatable bonds is 4. The van der Waals surface area contributed by atoms with Crippen LogP contribution in [0.3, 0.4) is 0 Å². The van der Waals surface area contributed by atoms with Gasteiger partial charge < -0.3 is 10.0 Å². The summed E-state index contributed by atoms with van der Waals surface area (Å²) in [6, 6.07) is 8.02. The zero-order valence-electron chi connectivity index (χ0n) is 9.40. The lowest BCUT2D eigenvalue weighted by Gasteiger charge is -2.28. The van der Waals surface area contributed by atoms with Gasteiger partial charge in [-0.3, -0.25) is 4.79 Å². The van der Waals surface area contributed by atoms with Crippen LogP contribution in [0.5, 0.6) is 0 Å². The summed E-state index contributed by atoms with van der Waals surface area (Å²) in [5.41, 5.74) is 2.10. The van der Waals surface area contributed by atoms with Crippen LogP contribution in [0, 0.1) is 6.92 Å². The number of aliphatic carboxylic acids is 1. The molecular formula is C12H17NO2. The first-order valence-corrected chi connectivity index (χ1v) is 5.06. The maximum Gasteiger partial charge on any atom is 0.323 e. The van der Waals surface area contributed by atoms with Gasteiger partial charge in [0, 0.05) is 11.7 Å². The molecule has 0 saturated carbocycles. The molecule has 3 nitrogen and oxygen atoms in total. The summed E-state index contributed by atoms with van der Waals surface area (Å²) in [4.78, 5) is 12.6. The molecule has 82 valence electrons. The van der Waals surface area contributed by atoms with Crippen LogP contribution >= 0.6 is 0 Å². The summed E-state index contributed by atoms with van der Waals surface area (Å²) >= 11 is 0. The van der Waals surface area contributed by atoms with E-state index in [1.807, 2.05) is 49.9 Å². The second-order valence-electron chi connectivity index (χ2n) is 3.90. The zero-order valence-corrected chi connectivity index (χ0v) is 9.40. The Morgan fingerprint density at radius 1 is 1.40 bits per heavy atom. The van der Waals surface area contributed by atoms with E-state index < -0.39 is 5.97 Å². The highest BCUT2D eigenvalue weighted by Gasteiger charge is 2.15. The van der Waals surface area contributed by atoms with Crippen molar-refractivity contribution in [1.82, 2.24) is 0 Å². The van der Waals surface area contributed by atoms with E-state index in [2.05, 4.69) is 0 Å². The van der Waals surface area contributed by atoms with Gasteiger partial charge in [0.25, 0.3) is 0 Å². The van der Waals surface area contributed by atoms with Crippen molar-refractivity contribution in [3.05, 3.63) is 29.8 Å². The van der Waals surface area contributed by atoms with Gasteiger partial charge in [0.15, 0.2) is 0 Å². The van der Waals surface area contributed by atoms with E-state index in [0.717, 1.165) is 11.3 Å². The van der Waals surface area contributed by atoms with Gasteiger partial charge in [0.1, 0.15) is 6.54 Å². The lowest BCUT2D eigenvalue weighted by Crippen LogP contribution is -2.36. The number of carbonyl (C=O) groups is 1. The Labute approximate surface area is 90.3 Å². The molecule has 1 N–H and O–H groups in total. The number of carboxylic acids is 1. The number of para-hydroxylation sites is 1. The SMILES string of the molecule is Cc1ccccc1N(CC(=O)O)C(C)C. The zero-order chi connectivity index (χ0) is 11.4. The Hall–Kier alpha value is -1.51. The summed E-state index contributed by atoms with van der Waals surface area (Å²) in [5.74, 6) is -0.799. The fourth-order valence-electron chi connectivity index (χ4n) is 1.58. The van der Waals surface area contributed by atoms with Crippen LogP contribution in [0.2, 0.25) is 0 Å². The average Bonchev–Trinajstić information content (AvgIpc) is 2.15. The van der Waals surface area contributed by atoms with E-state index in [-0.39, 0.29) is 12.6 Å². The summed E-state index contributed by atoms with van der Waals surface area (Å²) in [7, 11) is 0. The van der Waals surface area contributed by atoms with E-state index >= 15 is 0 Å². The van der Waals surface area contributed by atoms with Crippen LogP contribution in [-0.4, -0.2) is 23.7 Å². The van der Waals surface area contributed by atoms with Crippen LogP contribution < -0.4 is 4.90 Å². The standard InChI is InChI=1S/C12H17NO2/c1-9(2)13(8-12(14)15)11-7-5-4-6-10(11)3/h4-7,9H,8H2,1-3H3,(H,14,15). The van der Waals surface area contributed by atoms with Crippen LogP contribution in [0.25, 0.3) is 0 Å². The van der Waals surface area contributed by atoms with Gasteiger partial charge in [0.2, 0.25) is 0 Å². The van der Waals surface area contributed by atoms with E-state index in [9.17, 15) is 4.79 Å². The smallest absolute Gasteiger partial charge is 0.323 e. The topological polar surface area (TPSA) is 40.5 Å². The Balaban J connectivity index is 2.99. The maximum atomic E-state index is 10.8. The summed E-state index contributed by atoms with van der Waals surface area (Å²) in [6.07, 6.45) is 0. The van der Waals surface area contributed by atoms with Crippen molar-refractivity contribution in [1.29, 1.82) is 0 Å². The number of hydrogen-bond acceptors (Lipinski definition) is 2. The summed E-state index contributed by atoms with van der Waals surface area (Å²) in [6.45, 7) is 6.03. The van der Waals surface area contributed by atoms with Crippen molar-refractivity contribution in [2.75, 3.05) is 11.4 Å². The summed E-state index contributed by atoms with van der Waals surface area (Å²) in [5, 5.41) is 8.84. The van der Waals surface area contributed by atoms with E-state index in [4.69, 9.17) is 5.11 Å². The van der Waals surface area contributed by atoms with Crippen molar-refractivity contribution in [2.45, 2.75) is 26.8 Å². The lowest BCUT2D eigenvalue weighted by molar-refractivity contribution is -0.135. The monoisotopic (exact) mass is 207 g/mol. The Morgan fingerprint density at radius 3 is 2.47 bits per heavy atom. The molecule has 0 spiro atoms. The molecule has 0 amide bonds. The third-order valence-corrected chi connectivity index (χ3v) is 2.35. The molecule has 0 aliphatic heterocycles. The molecule has 1 rings (SSSR count). The number of anilines is 1. The molecule has 3 heteroatoms. The highest BCUT2D eigenvalue weighted by Crippen LogP contribution is 2.21. The molecule has 0 aliphatic carbocycles. The van der Waals surface area contributed by atoms with E-state index in [1.165, 1.54) is 0 Å². The largest absolute Gasteiger partial charge is 0.480 e.